The number of fused-ring (bicyclic) bond motifs is 2. The van der Waals surface area contributed by atoms with Gasteiger partial charge in [-0.05, 0) is 67.4 Å². The minimum Gasteiger partial charge on any atom is -0.507 e. The maximum Gasteiger partial charge on any atom is 0.301 e. The third-order valence-corrected chi connectivity index (χ3v) is 8.11. The Morgan fingerprint density at radius 2 is 1.81 bits per heavy atom. The van der Waals surface area contributed by atoms with Crippen molar-refractivity contribution < 1.29 is 38.4 Å². The molecule has 222 valence electrons. The number of Topliss-reactive ketones (excluding diaryl/α,β-unsaturated/α-hetero) is 1. The number of hydrogen-bond donors (Lipinski definition) is 1. The quantitative estimate of drug-likeness (QED) is 0.142. The molecule has 0 bridgehead atoms. The van der Waals surface area contributed by atoms with Crippen LogP contribution in [0.15, 0.2) is 60.2 Å². The third-order valence-electron chi connectivity index (χ3n) is 7.10. The Morgan fingerprint density at radius 3 is 2.58 bits per heavy atom. The van der Waals surface area contributed by atoms with Gasteiger partial charge in [-0.15, -0.1) is 0 Å². The van der Waals surface area contributed by atoms with E-state index in [9.17, 15) is 14.7 Å². The van der Waals surface area contributed by atoms with Crippen molar-refractivity contribution in [3.63, 3.8) is 0 Å². The SMILES string of the molecule is CCCOc1ccc(C2C(=C(O)c3ccc4c(c3)OCCO4)C(=O)C(=O)N2c2nc3ccc(OC)cc3s2)cc1OCC. The van der Waals surface area contributed by atoms with Crippen molar-refractivity contribution in [3.8, 4) is 28.7 Å². The topological polar surface area (TPSA) is 117 Å². The van der Waals surface area contributed by atoms with Gasteiger partial charge in [-0.1, -0.05) is 24.3 Å². The first-order chi connectivity index (χ1) is 20.9. The number of carbonyl (C=O) groups excluding carboxylic acids is 2. The highest BCUT2D eigenvalue weighted by Crippen LogP contribution is 2.46. The van der Waals surface area contributed by atoms with E-state index in [-0.39, 0.29) is 11.3 Å². The zero-order valence-corrected chi connectivity index (χ0v) is 24.7. The number of ketones is 1. The van der Waals surface area contributed by atoms with Gasteiger partial charge in [-0.2, -0.15) is 0 Å². The fourth-order valence-electron chi connectivity index (χ4n) is 5.11. The number of benzene rings is 3. The lowest BCUT2D eigenvalue weighted by Crippen LogP contribution is -2.29. The Kier molecular flexibility index (Phi) is 7.81. The lowest BCUT2D eigenvalue weighted by molar-refractivity contribution is -0.132. The van der Waals surface area contributed by atoms with Crippen molar-refractivity contribution in [1.29, 1.82) is 0 Å². The predicted octanol–water partition coefficient (Wildman–Crippen LogP) is 5.89. The molecule has 1 fully saturated rings. The average Bonchev–Trinajstić information content (AvgIpc) is 3.57. The number of aromatic nitrogens is 1. The number of ether oxygens (including phenoxy) is 5. The molecule has 1 unspecified atom stereocenters. The summed E-state index contributed by atoms with van der Waals surface area (Å²) in [6, 6.07) is 14.6. The molecule has 1 saturated heterocycles. The number of carbonyl (C=O) groups is 2. The smallest absolute Gasteiger partial charge is 0.301 e. The van der Waals surface area contributed by atoms with Crippen molar-refractivity contribution in [3.05, 3.63) is 71.3 Å². The van der Waals surface area contributed by atoms with E-state index in [2.05, 4.69) is 0 Å². The number of aliphatic hydroxyl groups is 1. The largest absolute Gasteiger partial charge is 0.507 e. The van der Waals surface area contributed by atoms with Crippen molar-refractivity contribution in [2.24, 2.45) is 0 Å². The second-order valence-corrected chi connectivity index (χ2v) is 10.9. The van der Waals surface area contributed by atoms with Crippen LogP contribution in [0.2, 0.25) is 0 Å². The summed E-state index contributed by atoms with van der Waals surface area (Å²) in [6.45, 7) is 5.52. The molecular formula is C32H30N2O8S. The highest BCUT2D eigenvalue weighted by Gasteiger charge is 2.48. The van der Waals surface area contributed by atoms with Crippen LogP contribution in [0.3, 0.4) is 0 Å². The molecule has 3 aromatic carbocycles. The highest BCUT2D eigenvalue weighted by molar-refractivity contribution is 7.22. The molecule has 1 atom stereocenters. The summed E-state index contributed by atoms with van der Waals surface area (Å²) in [6.07, 6.45) is 0.811. The van der Waals surface area contributed by atoms with Crippen molar-refractivity contribution >= 4 is 44.1 Å². The molecule has 10 nitrogen and oxygen atoms in total. The zero-order chi connectivity index (χ0) is 30.1. The Hall–Kier alpha value is -4.77. The first-order valence-electron chi connectivity index (χ1n) is 14.0. The molecular weight excluding hydrogens is 572 g/mol. The van der Waals surface area contributed by atoms with E-state index in [0.29, 0.717) is 77.0 Å². The summed E-state index contributed by atoms with van der Waals surface area (Å²) in [5.74, 6) is 0.651. The van der Waals surface area contributed by atoms with Gasteiger partial charge in [0.1, 0.15) is 24.7 Å². The number of thiazole rings is 1. The van der Waals surface area contributed by atoms with Crippen LogP contribution in [0, 0.1) is 0 Å². The normalized spacial score (nSPS) is 17.4. The first kappa shape index (κ1) is 28.4. The molecule has 0 spiro atoms. The lowest BCUT2D eigenvalue weighted by Gasteiger charge is -2.24. The molecule has 3 heterocycles. The minimum atomic E-state index is -1.00. The fourth-order valence-corrected chi connectivity index (χ4v) is 6.13. The predicted molar refractivity (Wildman–Crippen MR) is 162 cm³/mol. The van der Waals surface area contributed by atoms with Crippen LogP contribution in [0.25, 0.3) is 16.0 Å². The standard InChI is InChI=1S/C32H30N2O8S/c1-4-12-40-22-10-6-18(15-24(22)39-5-2)28-27(29(35)19-7-11-23-25(16-19)42-14-13-41-23)30(36)31(37)34(28)32-33-21-9-8-20(38-3)17-26(21)43-32/h6-11,15-17,28,35H,4-5,12-14H2,1-3H3. The van der Waals surface area contributed by atoms with Gasteiger partial charge in [0.05, 0.1) is 42.2 Å². The summed E-state index contributed by atoms with van der Waals surface area (Å²) >= 11 is 1.25. The second-order valence-electron chi connectivity index (χ2n) is 9.85. The molecule has 43 heavy (non-hydrogen) atoms. The van der Waals surface area contributed by atoms with Gasteiger partial charge in [0.25, 0.3) is 5.78 Å². The first-order valence-corrected chi connectivity index (χ1v) is 14.8. The molecule has 0 saturated carbocycles. The Bertz CT molecular complexity index is 1750. The van der Waals surface area contributed by atoms with E-state index in [1.165, 1.54) is 16.2 Å². The van der Waals surface area contributed by atoms with Crippen molar-refractivity contribution in [2.45, 2.75) is 26.3 Å². The monoisotopic (exact) mass is 602 g/mol. The van der Waals surface area contributed by atoms with Crippen LogP contribution < -0.4 is 28.6 Å². The average molecular weight is 603 g/mol. The van der Waals surface area contributed by atoms with Gasteiger partial charge < -0.3 is 28.8 Å². The summed E-state index contributed by atoms with van der Waals surface area (Å²) < 4.78 is 29.2. The summed E-state index contributed by atoms with van der Waals surface area (Å²) in [5.41, 5.74) is 1.42. The van der Waals surface area contributed by atoms with E-state index in [1.807, 2.05) is 19.9 Å². The van der Waals surface area contributed by atoms with Gasteiger partial charge in [-0.25, -0.2) is 4.98 Å². The molecule has 1 amide bonds. The van der Waals surface area contributed by atoms with Crippen LogP contribution in [-0.4, -0.2) is 55.3 Å². The van der Waals surface area contributed by atoms with Gasteiger partial charge in [0.15, 0.2) is 28.1 Å². The number of nitrogens with zero attached hydrogens (tertiary/aromatic N) is 2. The molecule has 2 aliphatic rings. The number of rotatable bonds is 9. The number of amides is 1. The van der Waals surface area contributed by atoms with E-state index < -0.39 is 17.7 Å². The van der Waals surface area contributed by atoms with E-state index in [1.54, 1.807) is 55.6 Å². The molecule has 4 aromatic rings. The summed E-state index contributed by atoms with van der Waals surface area (Å²) in [4.78, 5) is 33.5. The molecule has 2 aliphatic heterocycles. The molecule has 1 N–H and O–H groups in total. The van der Waals surface area contributed by atoms with Crippen molar-refractivity contribution in [1.82, 2.24) is 4.98 Å². The number of hydrogen-bond acceptors (Lipinski definition) is 10. The maximum atomic E-state index is 13.8. The van der Waals surface area contributed by atoms with E-state index in [4.69, 9.17) is 28.7 Å². The fraction of sp³-hybridized carbons (Fsp3) is 0.281. The molecule has 0 aliphatic carbocycles. The summed E-state index contributed by atoms with van der Waals surface area (Å²) in [5, 5.41) is 12.0. The van der Waals surface area contributed by atoms with Crippen molar-refractivity contribution in [2.75, 3.05) is 38.4 Å². The number of aliphatic hydroxyl groups excluding tert-OH is 1. The minimum absolute atomic E-state index is 0.0804. The van der Waals surface area contributed by atoms with E-state index >= 15 is 0 Å². The van der Waals surface area contributed by atoms with Crippen LogP contribution >= 0.6 is 11.3 Å². The molecule has 1 aromatic heterocycles. The Labute approximate surface area is 252 Å². The third kappa shape index (κ3) is 5.20. The van der Waals surface area contributed by atoms with Crippen LogP contribution in [0.5, 0.6) is 28.7 Å². The lowest BCUT2D eigenvalue weighted by atomic mass is 9.95. The van der Waals surface area contributed by atoms with Gasteiger partial charge in [-0.3, -0.25) is 14.5 Å². The Balaban J connectivity index is 1.53. The van der Waals surface area contributed by atoms with Gasteiger partial charge in [0, 0.05) is 5.56 Å². The van der Waals surface area contributed by atoms with Crippen LogP contribution in [0.1, 0.15) is 37.4 Å². The molecule has 0 radical (unpaired) electrons. The van der Waals surface area contributed by atoms with Crippen LogP contribution in [0.4, 0.5) is 5.13 Å². The van der Waals surface area contributed by atoms with E-state index in [0.717, 1.165) is 11.1 Å². The second kappa shape index (κ2) is 11.8. The number of anilines is 1. The zero-order valence-electron chi connectivity index (χ0n) is 23.9. The number of methoxy groups -OCH3 is 1. The highest BCUT2D eigenvalue weighted by atomic mass is 32.1. The Morgan fingerprint density at radius 1 is 1.00 bits per heavy atom. The maximum absolute atomic E-state index is 13.8. The molecule has 11 heteroatoms. The molecule has 6 rings (SSSR count). The van der Waals surface area contributed by atoms with Gasteiger partial charge >= 0.3 is 5.91 Å². The van der Waals surface area contributed by atoms with Gasteiger partial charge in [0.2, 0.25) is 0 Å². The van der Waals surface area contributed by atoms with Crippen LogP contribution in [-0.2, 0) is 9.59 Å². The summed E-state index contributed by atoms with van der Waals surface area (Å²) in [7, 11) is 1.57.